The van der Waals surface area contributed by atoms with Crippen LogP contribution in [-0.4, -0.2) is 17.8 Å². The van der Waals surface area contributed by atoms with E-state index >= 15 is 0 Å². The Morgan fingerprint density at radius 1 is 1.40 bits per heavy atom. The summed E-state index contributed by atoms with van der Waals surface area (Å²) in [4.78, 5) is 22.1. The molecule has 1 amide bonds. The number of amides is 1. The van der Waals surface area contributed by atoms with E-state index < -0.39 is 5.60 Å². The molecule has 0 unspecified atom stereocenters. The van der Waals surface area contributed by atoms with Crippen LogP contribution in [-0.2, 0) is 4.79 Å². The molecular formula is C11H11NO3. The second-order valence-electron chi connectivity index (χ2n) is 3.94. The number of aldehydes is 1. The Morgan fingerprint density at radius 2 is 2.13 bits per heavy atom. The number of carbonyl (C=O) groups excluding carboxylic acids is 2. The molecule has 1 aliphatic heterocycles. The third-order valence-corrected chi connectivity index (χ3v) is 2.30. The molecule has 0 saturated carbocycles. The smallest absolute Gasteiger partial charge is 0.268 e. The first-order valence-electron chi connectivity index (χ1n) is 4.62. The van der Waals surface area contributed by atoms with Crippen molar-refractivity contribution in [3.05, 3.63) is 23.8 Å². The molecule has 0 fully saturated rings. The molecule has 1 aromatic carbocycles. The van der Waals surface area contributed by atoms with Crippen molar-refractivity contribution in [3.63, 3.8) is 0 Å². The summed E-state index contributed by atoms with van der Waals surface area (Å²) in [6.07, 6.45) is 0.743. The van der Waals surface area contributed by atoms with Gasteiger partial charge < -0.3 is 10.1 Å². The maximum atomic E-state index is 11.5. The summed E-state index contributed by atoms with van der Waals surface area (Å²) in [5.41, 5.74) is 0.236. The molecule has 2 rings (SSSR count). The van der Waals surface area contributed by atoms with Crippen molar-refractivity contribution >= 4 is 17.9 Å². The highest BCUT2D eigenvalue weighted by Gasteiger charge is 2.35. The Kier molecular flexibility index (Phi) is 2.00. The minimum Gasteiger partial charge on any atom is -0.476 e. The average molecular weight is 205 g/mol. The second-order valence-corrected chi connectivity index (χ2v) is 3.94. The predicted octanol–water partition coefficient (Wildman–Crippen LogP) is 1.61. The van der Waals surface area contributed by atoms with Gasteiger partial charge in [0.2, 0.25) is 0 Å². The summed E-state index contributed by atoms with van der Waals surface area (Å²) < 4.78 is 5.50. The maximum Gasteiger partial charge on any atom is 0.268 e. The van der Waals surface area contributed by atoms with Gasteiger partial charge in [-0.25, -0.2) is 0 Å². The molecule has 1 heterocycles. The van der Waals surface area contributed by atoms with Gasteiger partial charge in [-0.15, -0.1) is 0 Å². The first-order chi connectivity index (χ1) is 7.03. The molecule has 0 radical (unpaired) electrons. The Balaban J connectivity index is 2.46. The Bertz CT molecular complexity index is 437. The summed E-state index contributed by atoms with van der Waals surface area (Å²) in [7, 11) is 0. The van der Waals surface area contributed by atoms with Crippen LogP contribution in [0.15, 0.2) is 18.2 Å². The van der Waals surface area contributed by atoms with Crippen LogP contribution >= 0.6 is 0 Å². The molecule has 1 N–H and O–H groups in total. The molecule has 0 atom stereocenters. The van der Waals surface area contributed by atoms with E-state index in [4.69, 9.17) is 4.74 Å². The zero-order valence-corrected chi connectivity index (χ0v) is 8.53. The van der Waals surface area contributed by atoms with Crippen molar-refractivity contribution in [2.24, 2.45) is 0 Å². The SMILES string of the molecule is CC1(C)Oc2cc(C=O)ccc2NC1=O. The fraction of sp³-hybridized carbons (Fsp3) is 0.273. The number of rotatable bonds is 1. The number of hydrogen-bond acceptors (Lipinski definition) is 3. The fourth-order valence-electron chi connectivity index (χ4n) is 1.39. The summed E-state index contributed by atoms with van der Waals surface area (Å²) in [5.74, 6) is 0.345. The van der Waals surface area contributed by atoms with Crippen LogP contribution in [0.5, 0.6) is 5.75 Å². The lowest BCUT2D eigenvalue weighted by Crippen LogP contribution is -2.45. The molecule has 15 heavy (non-hydrogen) atoms. The number of hydrogen-bond donors (Lipinski definition) is 1. The van der Waals surface area contributed by atoms with Crippen molar-refractivity contribution in [1.29, 1.82) is 0 Å². The standard InChI is InChI=1S/C11H11NO3/c1-11(2)10(14)12-8-4-3-7(6-13)5-9(8)15-11/h3-6H,1-2H3,(H,12,14). The molecule has 4 heteroatoms. The van der Waals surface area contributed by atoms with Crippen molar-refractivity contribution in [2.75, 3.05) is 5.32 Å². The van der Waals surface area contributed by atoms with Crippen molar-refractivity contribution < 1.29 is 14.3 Å². The Labute approximate surface area is 87.2 Å². The van der Waals surface area contributed by atoms with E-state index in [1.54, 1.807) is 32.0 Å². The van der Waals surface area contributed by atoms with Gasteiger partial charge in [-0.1, -0.05) is 0 Å². The van der Waals surface area contributed by atoms with E-state index in [-0.39, 0.29) is 5.91 Å². The van der Waals surface area contributed by atoms with Crippen molar-refractivity contribution in [3.8, 4) is 5.75 Å². The molecule has 0 aromatic heterocycles. The van der Waals surface area contributed by atoms with Gasteiger partial charge in [0.1, 0.15) is 12.0 Å². The zero-order chi connectivity index (χ0) is 11.1. The zero-order valence-electron chi connectivity index (χ0n) is 8.53. The minimum atomic E-state index is -0.894. The van der Waals surface area contributed by atoms with E-state index in [1.165, 1.54) is 0 Å². The number of benzene rings is 1. The molecule has 0 spiro atoms. The molecule has 1 aromatic rings. The normalized spacial score (nSPS) is 17.3. The average Bonchev–Trinajstić information content (AvgIpc) is 2.18. The molecular weight excluding hydrogens is 194 g/mol. The number of fused-ring (bicyclic) bond motifs is 1. The first-order valence-corrected chi connectivity index (χ1v) is 4.62. The van der Waals surface area contributed by atoms with Gasteiger partial charge in [0.15, 0.2) is 5.60 Å². The highest BCUT2D eigenvalue weighted by atomic mass is 16.5. The van der Waals surface area contributed by atoms with Crippen LogP contribution in [0.2, 0.25) is 0 Å². The third-order valence-electron chi connectivity index (χ3n) is 2.30. The minimum absolute atomic E-state index is 0.186. The van der Waals surface area contributed by atoms with Crippen LogP contribution in [0.4, 0.5) is 5.69 Å². The van der Waals surface area contributed by atoms with E-state index in [2.05, 4.69) is 5.32 Å². The highest BCUT2D eigenvalue weighted by molar-refractivity contribution is 6.00. The van der Waals surface area contributed by atoms with E-state index in [0.717, 1.165) is 6.29 Å². The molecule has 0 aliphatic carbocycles. The Morgan fingerprint density at radius 3 is 2.80 bits per heavy atom. The van der Waals surface area contributed by atoms with Crippen LogP contribution in [0.3, 0.4) is 0 Å². The van der Waals surface area contributed by atoms with Crippen LogP contribution < -0.4 is 10.1 Å². The van der Waals surface area contributed by atoms with Gasteiger partial charge >= 0.3 is 0 Å². The first kappa shape index (κ1) is 9.71. The summed E-state index contributed by atoms with van der Waals surface area (Å²) in [6.45, 7) is 3.36. The van der Waals surface area contributed by atoms with Gasteiger partial charge in [-0.3, -0.25) is 9.59 Å². The Hall–Kier alpha value is -1.84. The molecule has 0 bridgehead atoms. The fourth-order valence-corrected chi connectivity index (χ4v) is 1.39. The number of carbonyl (C=O) groups is 2. The van der Waals surface area contributed by atoms with E-state index in [1.807, 2.05) is 0 Å². The molecule has 4 nitrogen and oxygen atoms in total. The largest absolute Gasteiger partial charge is 0.476 e. The summed E-state index contributed by atoms with van der Waals surface area (Å²) in [6, 6.07) is 4.91. The van der Waals surface area contributed by atoms with Gasteiger partial charge in [0.25, 0.3) is 5.91 Å². The van der Waals surface area contributed by atoms with E-state index in [9.17, 15) is 9.59 Å². The van der Waals surface area contributed by atoms with Crippen molar-refractivity contribution in [1.82, 2.24) is 0 Å². The molecule has 1 aliphatic rings. The monoisotopic (exact) mass is 205 g/mol. The van der Waals surface area contributed by atoms with Crippen LogP contribution in [0.25, 0.3) is 0 Å². The molecule has 78 valence electrons. The lowest BCUT2D eigenvalue weighted by molar-refractivity contribution is -0.129. The quantitative estimate of drug-likeness (QED) is 0.708. The number of ether oxygens (including phenoxy) is 1. The second kappa shape index (κ2) is 3.08. The van der Waals surface area contributed by atoms with Gasteiger partial charge in [0.05, 0.1) is 5.69 Å². The lowest BCUT2D eigenvalue weighted by Gasteiger charge is -2.31. The summed E-state index contributed by atoms with van der Waals surface area (Å²) >= 11 is 0. The topological polar surface area (TPSA) is 55.4 Å². The maximum absolute atomic E-state index is 11.5. The van der Waals surface area contributed by atoms with Crippen LogP contribution in [0.1, 0.15) is 24.2 Å². The van der Waals surface area contributed by atoms with Crippen LogP contribution in [0, 0.1) is 0 Å². The highest BCUT2D eigenvalue weighted by Crippen LogP contribution is 2.33. The summed E-state index contributed by atoms with van der Waals surface area (Å²) in [5, 5.41) is 2.72. The van der Waals surface area contributed by atoms with Gasteiger partial charge in [-0.05, 0) is 32.0 Å². The van der Waals surface area contributed by atoms with Gasteiger partial charge in [-0.2, -0.15) is 0 Å². The number of anilines is 1. The van der Waals surface area contributed by atoms with Gasteiger partial charge in [0, 0.05) is 5.56 Å². The van der Waals surface area contributed by atoms with E-state index in [0.29, 0.717) is 17.0 Å². The third kappa shape index (κ3) is 1.58. The lowest BCUT2D eigenvalue weighted by atomic mass is 10.1. The number of nitrogens with one attached hydrogen (secondary N) is 1. The van der Waals surface area contributed by atoms with Crippen molar-refractivity contribution in [2.45, 2.75) is 19.4 Å². The molecule has 0 saturated heterocycles. The predicted molar refractivity (Wildman–Crippen MR) is 55.2 cm³/mol.